The van der Waals surface area contributed by atoms with Crippen molar-refractivity contribution in [2.75, 3.05) is 52.4 Å². The zero-order chi connectivity index (χ0) is 20.9. The minimum atomic E-state index is -0.379. The van der Waals surface area contributed by atoms with Crippen molar-refractivity contribution in [3.05, 3.63) is 0 Å². The lowest BCUT2D eigenvalue weighted by Gasteiger charge is -2.13. The van der Waals surface area contributed by atoms with Crippen LogP contribution in [0.2, 0.25) is 0 Å². The Morgan fingerprint density at radius 3 is 1.86 bits per heavy atom. The highest BCUT2D eigenvalue weighted by Gasteiger charge is 2.11. The summed E-state index contributed by atoms with van der Waals surface area (Å²) in [6, 6.07) is -0.379. The summed E-state index contributed by atoms with van der Waals surface area (Å²) in [4.78, 5) is 12.0. The van der Waals surface area contributed by atoms with Crippen molar-refractivity contribution in [3.63, 3.8) is 0 Å². The van der Waals surface area contributed by atoms with Gasteiger partial charge >= 0.3 is 0 Å². The molecule has 168 valence electrons. The Balaban J connectivity index is 3.32. The van der Waals surface area contributed by atoms with Crippen LogP contribution < -0.4 is 32.7 Å². The Hall–Kier alpha value is -0.730. The molecule has 0 heterocycles. The van der Waals surface area contributed by atoms with E-state index >= 15 is 0 Å². The van der Waals surface area contributed by atoms with Crippen molar-refractivity contribution in [1.29, 1.82) is 0 Å². The van der Waals surface area contributed by atoms with Crippen LogP contribution in [0, 0.1) is 5.92 Å². The molecule has 0 aliphatic heterocycles. The van der Waals surface area contributed by atoms with E-state index < -0.39 is 0 Å². The molecule has 0 fully saturated rings. The molecule has 0 aromatic rings. The van der Waals surface area contributed by atoms with Crippen molar-refractivity contribution in [2.24, 2.45) is 17.4 Å². The lowest BCUT2D eigenvalue weighted by molar-refractivity contribution is -0.122. The van der Waals surface area contributed by atoms with E-state index in [1.165, 1.54) is 19.3 Å². The fraction of sp³-hybridized carbons (Fsp3) is 0.952. The van der Waals surface area contributed by atoms with Crippen molar-refractivity contribution in [1.82, 2.24) is 21.3 Å². The van der Waals surface area contributed by atoms with Gasteiger partial charge in [-0.2, -0.15) is 0 Å². The van der Waals surface area contributed by atoms with E-state index in [1.54, 1.807) is 0 Å². The lowest BCUT2D eigenvalue weighted by atomic mass is 10.1. The molecule has 0 unspecified atom stereocenters. The molecule has 0 aliphatic rings. The van der Waals surface area contributed by atoms with Gasteiger partial charge in [-0.15, -0.1) is 0 Å². The normalized spacial score (nSPS) is 12.5. The zero-order valence-electron chi connectivity index (χ0n) is 18.5. The summed E-state index contributed by atoms with van der Waals surface area (Å²) >= 11 is 0. The summed E-state index contributed by atoms with van der Waals surface area (Å²) < 4.78 is 0. The number of unbranched alkanes of at least 4 members (excludes halogenated alkanes) is 2. The first kappa shape index (κ1) is 27.3. The average Bonchev–Trinajstić information content (AvgIpc) is 2.67. The number of hydrogen-bond acceptors (Lipinski definition) is 6. The molecular formula is C21H48N6O. The van der Waals surface area contributed by atoms with Crippen molar-refractivity contribution in [3.8, 4) is 0 Å². The van der Waals surface area contributed by atoms with Crippen LogP contribution in [-0.4, -0.2) is 64.3 Å². The maximum Gasteiger partial charge on any atom is 0.236 e. The van der Waals surface area contributed by atoms with Crippen molar-refractivity contribution < 1.29 is 4.79 Å². The number of amides is 1. The molecule has 28 heavy (non-hydrogen) atoms. The van der Waals surface area contributed by atoms with Crippen LogP contribution in [0.5, 0.6) is 0 Å². The molecule has 0 saturated carbocycles. The predicted molar refractivity (Wildman–Crippen MR) is 120 cm³/mol. The topological polar surface area (TPSA) is 117 Å². The van der Waals surface area contributed by atoms with Gasteiger partial charge in [0.25, 0.3) is 0 Å². The monoisotopic (exact) mass is 400 g/mol. The average molecular weight is 401 g/mol. The van der Waals surface area contributed by atoms with Crippen molar-refractivity contribution in [2.45, 2.75) is 71.3 Å². The zero-order valence-corrected chi connectivity index (χ0v) is 18.5. The van der Waals surface area contributed by atoms with E-state index in [-0.39, 0.29) is 11.9 Å². The number of hydrogen-bond donors (Lipinski definition) is 6. The minimum Gasteiger partial charge on any atom is -0.355 e. The van der Waals surface area contributed by atoms with Gasteiger partial charge in [0, 0.05) is 6.54 Å². The van der Waals surface area contributed by atoms with E-state index in [1.807, 2.05) is 0 Å². The van der Waals surface area contributed by atoms with E-state index in [2.05, 4.69) is 35.1 Å². The largest absolute Gasteiger partial charge is 0.355 e. The summed E-state index contributed by atoms with van der Waals surface area (Å²) in [7, 11) is 0. The first-order valence-electron chi connectivity index (χ1n) is 11.4. The Kier molecular flexibility index (Phi) is 20.4. The SMILES string of the molecule is CC(C)CCNCCCC[C@H](N)C(=O)NCCCNCCCCNCCCN. The second-order valence-corrected chi connectivity index (χ2v) is 8.03. The quantitative estimate of drug-likeness (QED) is 0.160. The van der Waals surface area contributed by atoms with Crippen LogP contribution in [0.4, 0.5) is 0 Å². The molecule has 8 N–H and O–H groups in total. The minimum absolute atomic E-state index is 0.0173. The van der Waals surface area contributed by atoms with Crippen LogP contribution in [0.25, 0.3) is 0 Å². The summed E-state index contributed by atoms with van der Waals surface area (Å²) in [5, 5.41) is 13.2. The molecule has 0 bridgehead atoms. The lowest BCUT2D eigenvalue weighted by Crippen LogP contribution is -2.41. The summed E-state index contributed by atoms with van der Waals surface area (Å²) in [6.07, 6.45) is 8.36. The van der Waals surface area contributed by atoms with Crippen LogP contribution in [-0.2, 0) is 4.79 Å². The molecule has 0 radical (unpaired) electrons. The molecule has 1 atom stereocenters. The number of carbonyl (C=O) groups excluding carboxylic acids is 1. The molecule has 7 nitrogen and oxygen atoms in total. The van der Waals surface area contributed by atoms with Crippen molar-refractivity contribution >= 4 is 5.91 Å². The first-order valence-corrected chi connectivity index (χ1v) is 11.4. The summed E-state index contributed by atoms with van der Waals surface area (Å²) in [5.74, 6) is 0.727. The third kappa shape index (κ3) is 20.0. The van der Waals surface area contributed by atoms with Crippen LogP contribution >= 0.6 is 0 Å². The summed E-state index contributed by atoms with van der Waals surface area (Å²) in [6.45, 7) is 12.0. The maximum absolute atomic E-state index is 12.0. The van der Waals surface area contributed by atoms with E-state index in [0.717, 1.165) is 83.8 Å². The molecule has 0 spiro atoms. The van der Waals surface area contributed by atoms with Gasteiger partial charge in [-0.25, -0.2) is 0 Å². The highest BCUT2D eigenvalue weighted by Crippen LogP contribution is 2.00. The second-order valence-electron chi connectivity index (χ2n) is 8.03. The maximum atomic E-state index is 12.0. The van der Waals surface area contributed by atoms with E-state index in [4.69, 9.17) is 11.5 Å². The van der Waals surface area contributed by atoms with Gasteiger partial charge in [0.2, 0.25) is 5.91 Å². The van der Waals surface area contributed by atoms with Gasteiger partial charge in [0.05, 0.1) is 6.04 Å². The fourth-order valence-electron chi connectivity index (χ4n) is 2.79. The molecule has 0 aromatic carbocycles. The number of rotatable bonds is 21. The summed E-state index contributed by atoms with van der Waals surface area (Å²) in [5.41, 5.74) is 11.4. The van der Waals surface area contributed by atoms with Gasteiger partial charge in [-0.05, 0) is 96.7 Å². The molecule has 0 rings (SSSR count). The first-order chi connectivity index (χ1) is 13.6. The van der Waals surface area contributed by atoms with Crippen LogP contribution in [0.1, 0.15) is 65.2 Å². The molecule has 7 heteroatoms. The Morgan fingerprint density at radius 1 is 0.714 bits per heavy atom. The van der Waals surface area contributed by atoms with Gasteiger partial charge in [0.15, 0.2) is 0 Å². The van der Waals surface area contributed by atoms with Gasteiger partial charge in [-0.1, -0.05) is 20.3 Å². The van der Waals surface area contributed by atoms with E-state index in [9.17, 15) is 4.79 Å². The van der Waals surface area contributed by atoms with Crippen LogP contribution in [0.15, 0.2) is 0 Å². The third-order valence-corrected chi connectivity index (χ3v) is 4.70. The number of carbonyl (C=O) groups is 1. The molecule has 0 aromatic heterocycles. The Morgan fingerprint density at radius 2 is 1.25 bits per heavy atom. The highest BCUT2D eigenvalue weighted by molar-refractivity contribution is 5.81. The smallest absolute Gasteiger partial charge is 0.236 e. The standard InChI is InChI=1S/C21H48N6O/c1-19(2)10-18-26-12-4-3-9-20(23)21(28)27-17-8-16-25-14-6-5-13-24-15-7-11-22/h19-20,24-26H,3-18,22-23H2,1-2H3,(H,27,28)/t20-/m0/s1. The number of nitrogens with two attached hydrogens (primary N) is 2. The van der Waals surface area contributed by atoms with Crippen LogP contribution in [0.3, 0.4) is 0 Å². The van der Waals surface area contributed by atoms with Gasteiger partial charge in [0.1, 0.15) is 0 Å². The van der Waals surface area contributed by atoms with E-state index in [0.29, 0.717) is 6.54 Å². The Labute approximate surface area is 173 Å². The Bertz CT molecular complexity index is 341. The molecular weight excluding hydrogens is 352 g/mol. The second kappa shape index (κ2) is 21.0. The molecule has 0 aliphatic carbocycles. The molecule has 1 amide bonds. The third-order valence-electron chi connectivity index (χ3n) is 4.70. The highest BCUT2D eigenvalue weighted by atomic mass is 16.2. The van der Waals surface area contributed by atoms with Gasteiger partial charge in [-0.3, -0.25) is 4.79 Å². The fourth-order valence-corrected chi connectivity index (χ4v) is 2.79. The number of nitrogens with one attached hydrogen (secondary N) is 4. The predicted octanol–water partition coefficient (Wildman–Crippen LogP) is 0.934. The van der Waals surface area contributed by atoms with Gasteiger partial charge < -0.3 is 32.7 Å². The molecule has 0 saturated heterocycles.